The molecule has 3 aromatic heterocycles. The summed E-state index contributed by atoms with van der Waals surface area (Å²) in [5.74, 6) is 1.88. The molecule has 1 saturated carbocycles. The number of ether oxygens (including phenoxy) is 1. The second-order valence-corrected chi connectivity index (χ2v) is 10.6. The Kier molecular flexibility index (Phi) is 6.82. The van der Waals surface area contributed by atoms with Crippen molar-refractivity contribution in [3.8, 4) is 17.0 Å². The topological polar surface area (TPSA) is 101 Å². The summed E-state index contributed by atoms with van der Waals surface area (Å²) in [6.45, 7) is 3.12. The van der Waals surface area contributed by atoms with Gasteiger partial charge in [-0.3, -0.25) is 4.79 Å². The van der Waals surface area contributed by atoms with E-state index in [1.807, 2.05) is 29.3 Å². The van der Waals surface area contributed by atoms with Gasteiger partial charge >= 0.3 is 0 Å². The van der Waals surface area contributed by atoms with Crippen LogP contribution in [0, 0.1) is 12.8 Å². The number of amides is 1. The van der Waals surface area contributed by atoms with Crippen molar-refractivity contribution in [1.82, 2.24) is 29.4 Å². The number of fused-ring (bicyclic) bond motifs is 2. The van der Waals surface area contributed by atoms with E-state index in [-0.39, 0.29) is 12.0 Å². The molecule has 4 aromatic rings. The van der Waals surface area contributed by atoms with Crippen molar-refractivity contribution in [2.45, 2.75) is 64.5 Å². The highest BCUT2D eigenvalue weighted by Crippen LogP contribution is 2.36. The van der Waals surface area contributed by atoms with Crippen LogP contribution in [0.1, 0.15) is 44.3 Å². The molecular weight excluding hydrogens is 504 g/mol. The fourth-order valence-electron chi connectivity index (χ4n) is 6.08. The first-order valence-electron chi connectivity index (χ1n) is 13.6. The summed E-state index contributed by atoms with van der Waals surface area (Å²) in [6, 6.07) is 5.81. The van der Waals surface area contributed by atoms with Crippen molar-refractivity contribution in [2.24, 2.45) is 5.92 Å². The van der Waals surface area contributed by atoms with Crippen LogP contribution in [0.2, 0.25) is 0 Å². The smallest absolute Gasteiger partial charge is 0.256 e. The van der Waals surface area contributed by atoms with E-state index in [1.54, 1.807) is 18.6 Å². The number of nitrogens with zero attached hydrogens (tertiary/aromatic N) is 5. The fourth-order valence-corrected chi connectivity index (χ4v) is 6.08. The van der Waals surface area contributed by atoms with Crippen LogP contribution in [-0.2, 0) is 11.3 Å². The molecule has 9 nitrogen and oxygen atoms in total. The third-order valence-corrected chi connectivity index (χ3v) is 8.09. The molecule has 2 aliphatic rings. The number of hydrogen-bond donors (Lipinski definition) is 2. The van der Waals surface area contributed by atoms with Crippen LogP contribution in [-0.4, -0.2) is 68.0 Å². The highest BCUT2D eigenvalue weighted by molar-refractivity contribution is 5.99. The van der Waals surface area contributed by atoms with E-state index in [9.17, 15) is 13.6 Å². The number of aromatic nitrogens is 5. The first-order chi connectivity index (χ1) is 18.9. The van der Waals surface area contributed by atoms with Crippen LogP contribution < -0.4 is 10.1 Å². The normalized spacial score (nSPS) is 19.9. The van der Waals surface area contributed by atoms with Gasteiger partial charge in [0.05, 0.1) is 30.1 Å². The van der Waals surface area contributed by atoms with E-state index in [1.165, 1.54) is 0 Å². The highest BCUT2D eigenvalue weighted by Gasteiger charge is 2.31. The Balaban J connectivity index is 1.23. The zero-order valence-electron chi connectivity index (χ0n) is 22.2. The molecule has 2 N–H and O–H groups in total. The molecule has 0 atom stereocenters. The summed E-state index contributed by atoms with van der Waals surface area (Å²) in [5.41, 5.74) is 3.58. The van der Waals surface area contributed by atoms with Gasteiger partial charge in [0.1, 0.15) is 11.5 Å². The predicted octanol–water partition coefficient (Wildman–Crippen LogP) is 5.15. The van der Waals surface area contributed by atoms with Crippen LogP contribution in [0.15, 0.2) is 24.4 Å². The van der Waals surface area contributed by atoms with Gasteiger partial charge in [0, 0.05) is 36.8 Å². The summed E-state index contributed by atoms with van der Waals surface area (Å²) in [6.07, 6.45) is 5.09. The summed E-state index contributed by atoms with van der Waals surface area (Å²) in [7, 11) is 1.57. The minimum absolute atomic E-state index is 0.114. The molecule has 206 valence electrons. The Labute approximate surface area is 225 Å². The van der Waals surface area contributed by atoms with E-state index >= 15 is 0 Å². The maximum Gasteiger partial charge on any atom is 0.256 e. The van der Waals surface area contributed by atoms with E-state index in [0.29, 0.717) is 40.2 Å². The van der Waals surface area contributed by atoms with Crippen LogP contribution in [0.4, 0.5) is 14.7 Å². The second-order valence-electron chi connectivity index (χ2n) is 10.6. The lowest BCUT2D eigenvalue weighted by atomic mass is 9.85. The quantitative estimate of drug-likeness (QED) is 0.338. The van der Waals surface area contributed by atoms with Gasteiger partial charge in [-0.1, -0.05) is 6.07 Å². The number of imidazole rings is 1. The number of halogens is 2. The zero-order chi connectivity index (χ0) is 27.1. The van der Waals surface area contributed by atoms with Crippen molar-refractivity contribution >= 4 is 33.9 Å². The number of hydrogen-bond acceptors (Lipinski definition) is 6. The Morgan fingerprint density at radius 1 is 1.15 bits per heavy atom. The van der Waals surface area contributed by atoms with Gasteiger partial charge in [-0.05, 0) is 63.1 Å². The lowest BCUT2D eigenvalue weighted by molar-refractivity contribution is -0.135. The number of methoxy groups -OCH3 is 1. The second kappa shape index (κ2) is 10.4. The minimum Gasteiger partial charge on any atom is -0.480 e. The number of aryl methyl sites for hydroxylation is 1. The van der Waals surface area contributed by atoms with E-state index in [2.05, 4.69) is 20.3 Å². The molecule has 39 heavy (non-hydrogen) atoms. The summed E-state index contributed by atoms with van der Waals surface area (Å²) < 4.78 is 33.6. The van der Waals surface area contributed by atoms with Gasteiger partial charge in [-0.2, -0.15) is 9.97 Å². The Bertz CT molecular complexity index is 1500. The third kappa shape index (κ3) is 4.90. The summed E-state index contributed by atoms with van der Waals surface area (Å²) in [4.78, 5) is 31.8. The zero-order valence-corrected chi connectivity index (χ0v) is 22.2. The van der Waals surface area contributed by atoms with Gasteiger partial charge in [0.25, 0.3) is 6.43 Å². The number of H-pyrrole nitrogens is 1. The van der Waals surface area contributed by atoms with Gasteiger partial charge in [0.15, 0.2) is 0 Å². The van der Waals surface area contributed by atoms with Crippen molar-refractivity contribution in [2.75, 3.05) is 25.5 Å². The number of carbonyl (C=O) groups is 1. The number of nitrogens with one attached hydrogen (secondary N) is 2. The Hall–Kier alpha value is -3.76. The summed E-state index contributed by atoms with van der Waals surface area (Å²) in [5, 5.41) is 4.17. The third-order valence-electron chi connectivity index (χ3n) is 8.09. The molecule has 1 saturated heterocycles. The van der Waals surface area contributed by atoms with Crippen LogP contribution >= 0.6 is 0 Å². The molecule has 1 aliphatic heterocycles. The predicted molar refractivity (Wildman–Crippen MR) is 145 cm³/mol. The highest BCUT2D eigenvalue weighted by atomic mass is 19.3. The van der Waals surface area contributed by atoms with E-state index in [0.717, 1.165) is 68.1 Å². The SMILES string of the molecule is COc1nc(N[C@H]2CC[C@@H](C(=O)N3CCCC3)CC2)nc2[nH]cc(-c3ccc4nc(C)n(CC(F)F)c4c3)c12. The van der Waals surface area contributed by atoms with Crippen LogP contribution in [0.25, 0.3) is 33.2 Å². The molecule has 0 spiro atoms. The first kappa shape index (κ1) is 25.5. The summed E-state index contributed by atoms with van der Waals surface area (Å²) >= 11 is 0. The number of carbonyl (C=O) groups excluding carboxylic acids is 1. The van der Waals surface area contributed by atoms with Gasteiger partial charge in [0.2, 0.25) is 17.7 Å². The van der Waals surface area contributed by atoms with Crippen molar-refractivity contribution < 1.29 is 18.3 Å². The average molecular weight is 538 g/mol. The van der Waals surface area contributed by atoms with Crippen molar-refractivity contribution in [1.29, 1.82) is 0 Å². The maximum absolute atomic E-state index is 13.2. The molecule has 11 heteroatoms. The molecule has 0 bridgehead atoms. The molecule has 1 aromatic carbocycles. The molecule has 2 fully saturated rings. The van der Waals surface area contributed by atoms with E-state index < -0.39 is 13.0 Å². The molecule has 0 radical (unpaired) electrons. The van der Waals surface area contributed by atoms with Gasteiger partial charge < -0.3 is 24.5 Å². The largest absolute Gasteiger partial charge is 0.480 e. The number of alkyl halides is 2. The molecule has 6 rings (SSSR count). The van der Waals surface area contributed by atoms with Gasteiger partial charge in [-0.25, -0.2) is 13.8 Å². The van der Waals surface area contributed by atoms with Gasteiger partial charge in [-0.15, -0.1) is 0 Å². The standard InChI is InChI=1S/C28H33F2N7O2/c1-16-32-21-10-7-18(13-22(21)37(16)15-23(29)30)20-14-31-25-24(20)26(39-2)35-28(34-25)33-19-8-5-17(6-9-19)27(38)36-11-3-4-12-36/h7,10,13-14,17,19,23H,3-6,8-9,11-12,15H2,1-2H3,(H2,31,33,34,35)/t17-,19+. The lowest BCUT2D eigenvalue weighted by Crippen LogP contribution is -2.37. The fraction of sp³-hybridized carbons (Fsp3) is 0.500. The van der Waals surface area contributed by atoms with Crippen molar-refractivity contribution in [3.63, 3.8) is 0 Å². The number of anilines is 1. The maximum atomic E-state index is 13.2. The first-order valence-corrected chi connectivity index (χ1v) is 13.6. The molecule has 1 amide bonds. The van der Waals surface area contributed by atoms with Crippen LogP contribution in [0.3, 0.4) is 0 Å². The van der Waals surface area contributed by atoms with Crippen molar-refractivity contribution in [3.05, 3.63) is 30.2 Å². The molecule has 1 aliphatic carbocycles. The monoisotopic (exact) mass is 537 g/mol. The molecular formula is C28H33F2N7O2. The number of aromatic amines is 1. The molecule has 4 heterocycles. The number of likely N-dealkylation sites (tertiary alicyclic amines) is 1. The average Bonchev–Trinajstić information content (AvgIpc) is 3.68. The lowest BCUT2D eigenvalue weighted by Gasteiger charge is -2.30. The molecule has 0 unspecified atom stereocenters. The Morgan fingerprint density at radius 2 is 1.92 bits per heavy atom. The minimum atomic E-state index is -2.47. The van der Waals surface area contributed by atoms with Crippen LogP contribution in [0.5, 0.6) is 5.88 Å². The Morgan fingerprint density at radius 3 is 2.64 bits per heavy atom. The number of benzene rings is 1. The number of rotatable bonds is 7. The van der Waals surface area contributed by atoms with E-state index in [4.69, 9.17) is 9.72 Å².